The standard InChI is InChI=1S/C30H38O/c1-24(13-8-9-14-25(2)16-11-18-27(4)23-31)15-10-17-26(3)20-21-29-28(5)19-12-22-30(29,6)7/h10-11,13-18,20-21,23H,12,19,22H2,1-7H3. The molecule has 0 heterocycles. The Morgan fingerprint density at radius 3 is 1.90 bits per heavy atom. The van der Waals surface area contributed by atoms with Crippen LogP contribution in [-0.4, -0.2) is 6.29 Å². The van der Waals surface area contributed by atoms with E-state index in [-0.39, 0.29) is 5.41 Å². The van der Waals surface area contributed by atoms with E-state index < -0.39 is 0 Å². The molecule has 0 fully saturated rings. The van der Waals surface area contributed by atoms with Crippen molar-refractivity contribution in [1.29, 1.82) is 0 Å². The maximum absolute atomic E-state index is 10.5. The molecule has 0 aromatic carbocycles. The Kier molecular flexibility index (Phi) is 11.4. The Labute approximate surface area is 190 Å². The second-order valence-electron chi connectivity index (χ2n) is 8.99. The van der Waals surface area contributed by atoms with Crippen molar-refractivity contribution in [3.8, 4) is 11.8 Å². The summed E-state index contributed by atoms with van der Waals surface area (Å²) in [5, 5.41) is 0. The Balaban J connectivity index is 2.69. The third kappa shape index (κ3) is 10.7. The molecule has 0 spiro atoms. The summed E-state index contributed by atoms with van der Waals surface area (Å²) < 4.78 is 0. The minimum atomic E-state index is 0.278. The van der Waals surface area contributed by atoms with Gasteiger partial charge in [-0.05, 0) is 93.7 Å². The van der Waals surface area contributed by atoms with Crippen LogP contribution < -0.4 is 0 Å². The summed E-state index contributed by atoms with van der Waals surface area (Å²) in [5.41, 5.74) is 7.39. The van der Waals surface area contributed by atoms with Crippen LogP contribution in [0.2, 0.25) is 0 Å². The highest BCUT2D eigenvalue weighted by molar-refractivity contribution is 5.72. The first-order valence-electron chi connectivity index (χ1n) is 11.0. The van der Waals surface area contributed by atoms with E-state index in [1.54, 1.807) is 13.0 Å². The Bertz CT molecular complexity index is 938. The van der Waals surface area contributed by atoms with E-state index in [0.717, 1.165) is 17.4 Å². The monoisotopic (exact) mass is 414 g/mol. The predicted molar refractivity (Wildman–Crippen MR) is 137 cm³/mol. The molecule has 0 aromatic heterocycles. The molecule has 1 heteroatoms. The molecule has 0 unspecified atom stereocenters. The summed E-state index contributed by atoms with van der Waals surface area (Å²) in [7, 11) is 0. The van der Waals surface area contributed by atoms with Crippen LogP contribution in [0.4, 0.5) is 0 Å². The van der Waals surface area contributed by atoms with Gasteiger partial charge in [-0.3, -0.25) is 4.79 Å². The SMILES string of the molecule is CC(C=CC=C(C)C=O)=CC#CC=C(C)C=CC=C(C)C=CC1=C(C)CCCC1(C)C. The van der Waals surface area contributed by atoms with E-state index in [1.807, 2.05) is 38.2 Å². The van der Waals surface area contributed by atoms with Crippen molar-refractivity contribution in [3.63, 3.8) is 0 Å². The first-order chi connectivity index (χ1) is 14.7. The highest BCUT2D eigenvalue weighted by atomic mass is 16.1. The predicted octanol–water partition coefficient (Wildman–Crippen LogP) is 8.17. The van der Waals surface area contributed by atoms with Crippen LogP contribution in [0.1, 0.15) is 67.7 Å². The van der Waals surface area contributed by atoms with Crippen molar-refractivity contribution in [1.82, 2.24) is 0 Å². The lowest BCUT2D eigenvalue weighted by atomic mass is 9.72. The zero-order chi connectivity index (χ0) is 23.3. The summed E-state index contributed by atoms with van der Waals surface area (Å²) in [4.78, 5) is 10.5. The molecule has 0 radical (unpaired) electrons. The molecule has 1 nitrogen and oxygen atoms in total. The number of carbonyl (C=O) groups excluding carboxylic acids is 1. The zero-order valence-electron chi connectivity index (χ0n) is 20.4. The molecular weight excluding hydrogens is 376 g/mol. The highest BCUT2D eigenvalue weighted by Gasteiger charge is 2.26. The lowest BCUT2D eigenvalue weighted by molar-refractivity contribution is -0.104. The number of carbonyl (C=O) groups is 1. The van der Waals surface area contributed by atoms with E-state index >= 15 is 0 Å². The van der Waals surface area contributed by atoms with Gasteiger partial charge >= 0.3 is 0 Å². The minimum absolute atomic E-state index is 0.278. The van der Waals surface area contributed by atoms with Crippen molar-refractivity contribution < 1.29 is 4.79 Å². The summed E-state index contributed by atoms with van der Waals surface area (Å²) >= 11 is 0. The number of hydrogen-bond donors (Lipinski definition) is 0. The van der Waals surface area contributed by atoms with E-state index in [1.165, 1.54) is 36.0 Å². The molecule has 0 aromatic rings. The number of allylic oxidation sites excluding steroid dienone is 16. The largest absolute Gasteiger partial charge is 0.298 e. The number of aldehydes is 1. The highest BCUT2D eigenvalue weighted by Crippen LogP contribution is 2.40. The quantitative estimate of drug-likeness (QED) is 0.178. The van der Waals surface area contributed by atoms with E-state index in [9.17, 15) is 4.79 Å². The van der Waals surface area contributed by atoms with Crippen molar-refractivity contribution in [2.75, 3.05) is 0 Å². The van der Waals surface area contributed by atoms with Crippen LogP contribution >= 0.6 is 0 Å². The molecule has 0 N–H and O–H groups in total. The van der Waals surface area contributed by atoms with Gasteiger partial charge in [-0.25, -0.2) is 0 Å². The lowest BCUT2D eigenvalue weighted by Gasteiger charge is -2.32. The van der Waals surface area contributed by atoms with Gasteiger partial charge in [0.25, 0.3) is 0 Å². The third-order valence-electron chi connectivity index (χ3n) is 5.36. The van der Waals surface area contributed by atoms with Crippen LogP contribution in [0.25, 0.3) is 0 Å². The van der Waals surface area contributed by atoms with Gasteiger partial charge in [0.05, 0.1) is 0 Å². The van der Waals surface area contributed by atoms with Crippen LogP contribution in [0.15, 0.2) is 94.2 Å². The summed E-state index contributed by atoms with van der Waals surface area (Å²) in [6.07, 6.45) is 24.8. The van der Waals surface area contributed by atoms with Gasteiger partial charge in [0, 0.05) is 0 Å². The van der Waals surface area contributed by atoms with Gasteiger partial charge in [0.15, 0.2) is 0 Å². The van der Waals surface area contributed by atoms with Crippen molar-refractivity contribution in [3.05, 3.63) is 94.2 Å². The molecule has 0 saturated heterocycles. The molecule has 0 atom stereocenters. The maximum atomic E-state index is 10.5. The van der Waals surface area contributed by atoms with Gasteiger partial charge in [0.1, 0.15) is 6.29 Å². The molecule has 1 rings (SSSR count). The molecule has 164 valence electrons. The van der Waals surface area contributed by atoms with E-state index in [4.69, 9.17) is 0 Å². The molecule has 31 heavy (non-hydrogen) atoms. The summed E-state index contributed by atoms with van der Waals surface area (Å²) in [5.74, 6) is 6.10. The fourth-order valence-electron chi connectivity index (χ4n) is 3.43. The Morgan fingerprint density at radius 2 is 1.39 bits per heavy atom. The Morgan fingerprint density at radius 1 is 0.839 bits per heavy atom. The van der Waals surface area contributed by atoms with Crippen molar-refractivity contribution >= 4 is 6.29 Å². The Hall–Kier alpha value is -2.85. The average Bonchev–Trinajstić information content (AvgIpc) is 2.70. The molecule has 0 aliphatic heterocycles. The van der Waals surface area contributed by atoms with Gasteiger partial charge in [0.2, 0.25) is 0 Å². The topological polar surface area (TPSA) is 17.1 Å². The van der Waals surface area contributed by atoms with Gasteiger partial charge in [-0.2, -0.15) is 0 Å². The number of hydrogen-bond acceptors (Lipinski definition) is 1. The molecule has 1 aliphatic carbocycles. The first kappa shape index (κ1) is 26.2. The molecule has 0 saturated carbocycles. The van der Waals surface area contributed by atoms with Crippen LogP contribution in [0, 0.1) is 17.3 Å². The number of rotatable bonds is 7. The lowest BCUT2D eigenvalue weighted by Crippen LogP contribution is -2.19. The zero-order valence-corrected chi connectivity index (χ0v) is 20.4. The average molecular weight is 415 g/mol. The molecule has 0 amide bonds. The second kappa shape index (κ2) is 13.5. The van der Waals surface area contributed by atoms with Gasteiger partial charge in [-0.1, -0.05) is 85.4 Å². The fraction of sp³-hybridized carbons (Fsp3) is 0.367. The minimum Gasteiger partial charge on any atom is -0.298 e. The van der Waals surface area contributed by atoms with Crippen molar-refractivity contribution in [2.45, 2.75) is 67.7 Å². The summed E-state index contributed by atoms with van der Waals surface area (Å²) in [6, 6.07) is 0. The van der Waals surface area contributed by atoms with E-state index in [0.29, 0.717) is 5.57 Å². The smallest absolute Gasteiger partial charge is 0.145 e. The second-order valence-corrected chi connectivity index (χ2v) is 8.99. The van der Waals surface area contributed by atoms with Crippen molar-refractivity contribution in [2.24, 2.45) is 5.41 Å². The van der Waals surface area contributed by atoms with Gasteiger partial charge < -0.3 is 0 Å². The van der Waals surface area contributed by atoms with Crippen LogP contribution in [0.3, 0.4) is 0 Å². The first-order valence-corrected chi connectivity index (χ1v) is 11.0. The third-order valence-corrected chi connectivity index (χ3v) is 5.36. The summed E-state index contributed by atoms with van der Waals surface area (Å²) in [6.45, 7) is 14.9. The normalized spacial score (nSPS) is 18.8. The molecular formula is C30H38O. The molecule has 0 bridgehead atoms. The maximum Gasteiger partial charge on any atom is 0.145 e. The van der Waals surface area contributed by atoms with Crippen LogP contribution in [-0.2, 0) is 4.79 Å². The fourth-order valence-corrected chi connectivity index (χ4v) is 3.43. The van der Waals surface area contributed by atoms with Crippen LogP contribution in [0.5, 0.6) is 0 Å². The van der Waals surface area contributed by atoms with E-state index in [2.05, 4.69) is 69.9 Å². The molecule has 1 aliphatic rings. The van der Waals surface area contributed by atoms with Gasteiger partial charge in [-0.15, -0.1) is 0 Å².